The third-order valence-corrected chi connectivity index (χ3v) is 3.13. The zero-order chi connectivity index (χ0) is 12.3. The van der Waals surface area contributed by atoms with Gasteiger partial charge in [0, 0.05) is 19.6 Å². The predicted molar refractivity (Wildman–Crippen MR) is 62.1 cm³/mol. The van der Waals surface area contributed by atoms with E-state index in [9.17, 15) is 9.90 Å². The summed E-state index contributed by atoms with van der Waals surface area (Å²) < 4.78 is 5.21. The van der Waals surface area contributed by atoms with Gasteiger partial charge >= 0.3 is 5.97 Å². The van der Waals surface area contributed by atoms with Crippen molar-refractivity contribution < 1.29 is 19.7 Å². The van der Waals surface area contributed by atoms with Gasteiger partial charge < -0.3 is 14.9 Å². The molecular formula is C13H16O4. The van der Waals surface area contributed by atoms with Gasteiger partial charge in [0.1, 0.15) is 0 Å². The van der Waals surface area contributed by atoms with Gasteiger partial charge in [0.15, 0.2) is 0 Å². The van der Waals surface area contributed by atoms with Crippen LogP contribution in [0.1, 0.15) is 28.8 Å². The van der Waals surface area contributed by atoms with E-state index in [1.54, 1.807) is 18.2 Å². The van der Waals surface area contributed by atoms with E-state index in [0.29, 0.717) is 32.5 Å². The molecule has 0 spiro atoms. The number of ether oxygens (including phenoxy) is 1. The van der Waals surface area contributed by atoms with Crippen molar-refractivity contribution in [2.45, 2.75) is 24.9 Å². The Bertz CT molecular complexity index is 408. The second-order valence-electron chi connectivity index (χ2n) is 4.52. The molecule has 1 fully saturated rings. The topological polar surface area (TPSA) is 66.8 Å². The molecule has 0 saturated carbocycles. The molecule has 0 amide bonds. The van der Waals surface area contributed by atoms with Crippen LogP contribution in [0.2, 0.25) is 0 Å². The highest BCUT2D eigenvalue weighted by molar-refractivity contribution is 5.87. The number of hydrogen-bond acceptors (Lipinski definition) is 3. The van der Waals surface area contributed by atoms with Crippen LogP contribution in [0, 0.1) is 0 Å². The van der Waals surface area contributed by atoms with E-state index in [-0.39, 0.29) is 5.56 Å². The molecule has 92 valence electrons. The first-order valence-corrected chi connectivity index (χ1v) is 5.71. The van der Waals surface area contributed by atoms with Crippen molar-refractivity contribution in [1.82, 2.24) is 0 Å². The molecule has 0 unspecified atom stereocenters. The average Bonchev–Trinajstić information content (AvgIpc) is 2.29. The van der Waals surface area contributed by atoms with Gasteiger partial charge in [-0.3, -0.25) is 0 Å². The van der Waals surface area contributed by atoms with E-state index >= 15 is 0 Å². The Kier molecular flexibility index (Phi) is 3.45. The van der Waals surface area contributed by atoms with Crippen LogP contribution in [-0.2, 0) is 11.2 Å². The van der Waals surface area contributed by atoms with E-state index < -0.39 is 11.6 Å². The number of aromatic carboxylic acids is 1. The molecule has 4 nitrogen and oxygen atoms in total. The van der Waals surface area contributed by atoms with Crippen LogP contribution in [0.3, 0.4) is 0 Å². The van der Waals surface area contributed by atoms with Gasteiger partial charge in [-0.15, -0.1) is 0 Å². The first kappa shape index (κ1) is 12.1. The Balaban J connectivity index is 2.12. The highest BCUT2D eigenvalue weighted by atomic mass is 16.5. The Morgan fingerprint density at radius 3 is 2.71 bits per heavy atom. The minimum absolute atomic E-state index is 0.262. The van der Waals surface area contributed by atoms with Crippen molar-refractivity contribution in [2.75, 3.05) is 13.2 Å². The minimum atomic E-state index is -0.939. The van der Waals surface area contributed by atoms with E-state index in [2.05, 4.69) is 0 Å². The fourth-order valence-electron chi connectivity index (χ4n) is 2.12. The van der Waals surface area contributed by atoms with E-state index in [4.69, 9.17) is 9.84 Å². The molecule has 0 bridgehead atoms. The van der Waals surface area contributed by atoms with Gasteiger partial charge in [0.25, 0.3) is 0 Å². The van der Waals surface area contributed by atoms with E-state index in [1.165, 1.54) is 0 Å². The molecule has 1 aromatic carbocycles. The third-order valence-electron chi connectivity index (χ3n) is 3.13. The third kappa shape index (κ3) is 3.05. The van der Waals surface area contributed by atoms with Crippen LogP contribution in [0.15, 0.2) is 24.3 Å². The molecule has 4 heteroatoms. The average molecular weight is 236 g/mol. The zero-order valence-corrected chi connectivity index (χ0v) is 9.56. The Labute approximate surface area is 99.8 Å². The molecular weight excluding hydrogens is 220 g/mol. The molecule has 17 heavy (non-hydrogen) atoms. The molecule has 1 heterocycles. The number of carbonyl (C=O) groups is 1. The monoisotopic (exact) mass is 236 g/mol. The van der Waals surface area contributed by atoms with E-state index in [1.807, 2.05) is 6.07 Å². The summed E-state index contributed by atoms with van der Waals surface area (Å²) in [5.41, 5.74) is 0.363. The smallest absolute Gasteiger partial charge is 0.335 e. The first-order valence-electron chi connectivity index (χ1n) is 5.71. The number of carboxylic acids is 1. The number of benzene rings is 1. The van der Waals surface area contributed by atoms with Crippen molar-refractivity contribution >= 4 is 5.97 Å². The normalized spacial score (nSPS) is 18.9. The molecule has 0 aliphatic carbocycles. The fourth-order valence-corrected chi connectivity index (χ4v) is 2.12. The first-order chi connectivity index (χ1) is 8.09. The van der Waals surface area contributed by atoms with Crippen LogP contribution >= 0.6 is 0 Å². The second-order valence-corrected chi connectivity index (χ2v) is 4.52. The van der Waals surface area contributed by atoms with Crippen molar-refractivity contribution in [3.8, 4) is 0 Å². The van der Waals surface area contributed by atoms with Crippen molar-refractivity contribution in [3.63, 3.8) is 0 Å². The lowest BCUT2D eigenvalue weighted by molar-refractivity contribution is -0.0626. The Morgan fingerprint density at radius 1 is 1.35 bits per heavy atom. The Morgan fingerprint density at radius 2 is 2.06 bits per heavy atom. The van der Waals surface area contributed by atoms with Crippen LogP contribution in [0.5, 0.6) is 0 Å². The zero-order valence-electron chi connectivity index (χ0n) is 9.56. The molecule has 0 radical (unpaired) electrons. The number of aliphatic hydroxyl groups is 1. The Hall–Kier alpha value is -1.39. The second kappa shape index (κ2) is 4.85. The molecule has 1 saturated heterocycles. The van der Waals surface area contributed by atoms with Crippen molar-refractivity contribution in [2.24, 2.45) is 0 Å². The molecule has 0 aromatic heterocycles. The molecule has 1 aliphatic heterocycles. The summed E-state index contributed by atoms with van der Waals surface area (Å²) in [5, 5.41) is 19.2. The van der Waals surface area contributed by atoms with Crippen molar-refractivity contribution in [3.05, 3.63) is 35.4 Å². The highest BCUT2D eigenvalue weighted by Gasteiger charge is 2.29. The van der Waals surface area contributed by atoms with Crippen LogP contribution in [0.25, 0.3) is 0 Å². The highest BCUT2D eigenvalue weighted by Crippen LogP contribution is 2.25. The van der Waals surface area contributed by atoms with Crippen molar-refractivity contribution in [1.29, 1.82) is 0 Å². The molecule has 1 aromatic rings. The maximum Gasteiger partial charge on any atom is 0.335 e. The number of carboxylic acid groups (broad SMARTS) is 1. The lowest BCUT2D eigenvalue weighted by atomic mass is 9.87. The number of rotatable bonds is 3. The van der Waals surface area contributed by atoms with Gasteiger partial charge in [-0.2, -0.15) is 0 Å². The summed E-state index contributed by atoms with van der Waals surface area (Å²) in [5.74, 6) is -0.939. The van der Waals surface area contributed by atoms with Gasteiger partial charge in [-0.1, -0.05) is 12.1 Å². The fraction of sp³-hybridized carbons (Fsp3) is 0.462. The summed E-state index contributed by atoms with van der Waals surface area (Å²) >= 11 is 0. The molecule has 2 rings (SSSR count). The number of hydrogen-bond donors (Lipinski definition) is 2. The van der Waals surface area contributed by atoms with E-state index in [0.717, 1.165) is 5.56 Å². The molecule has 1 aliphatic rings. The standard InChI is InChI=1S/C13H16O4/c14-12(15)11-3-1-2-10(8-11)9-13(16)4-6-17-7-5-13/h1-3,8,16H,4-7,9H2,(H,14,15). The largest absolute Gasteiger partial charge is 0.478 e. The summed E-state index contributed by atoms with van der Waals surface area (Å²) in [7, 11) is 0. The quantitative estimate of drug-likeness (QED) is 0.834. The van der Waals surface area contributed by atoms with Gasteiger partial charge in [-0.05, 0) is 30.5 Å². The SMILES string of the molecule is O=C(O)c1cccc(CC2(O)CCOCC2)c1. The summed E-state index contributed by atoms with van der Waals surface area (Å²) in [6.45, 7) is 1.13. The van der Waals surface area contributed by atoms with Gasteiger partial charge in [0.05, 0.1) is 11.2 Å². The maximum atomic E-state index is 10.8. The summed E-state index contributed by atoms with van der Waals surface area (Å²) in [6.07, 6.45) is 1.69. The maximum absolute atomic E-state index is 10.8. The predicted octanol–water partition coefficient (Wildman–Crippen LogP) is 1.47. The van der Waals surface area contributed by atoms with Gasteiger partial charge in [-0.25, -0.2) is 4.79 Å². The minimum Gasteiger partial charge on any atom is -0.478 e. The lowest BCUT2D eigenvalue weighted by Crippen LogP contribution is -2.38. The summed E-state index contributed by atoms with van der Waals surface area (Å²) in [6, 6.07) is 6.73. The molecule has 0 atom stereocenters. The van der Waals surface area contributed by atoms with Gasteiger partial charge in [0.2, 0.25) is 0 Å². The molecule has 2 N–H and O–H groups in total. The van der Waals surface area contributed by atoms with Crippen LogP contribution < -0.4 is 0 Å². The van der Waals surface area contributed by atoms with Crippen LogP contribution in [0.4, 0.5) is 0 Å². The van der Waals surface area contributed by atoms with Crippen LogP contribution in [-0.4, -0.2) is 35.0 Å². The summed E-state index contributed by atoms with van der Waals surface area (Å²) in [4.78, 5) is 10.8. The lowest BCUT2D eigenvalue weighted by Gasteiger charge is -2.32.